The second kappa shape index (κ2) is 44.3. The van der Waals surface area contributed by atoms with Crippen molar-refractivity contribution >= 4 is 11.9 Å². The fraction of sp³-hybridized carbons (Fsp3) is 0.750. The first kappa shape index (κ1) is 62.1. The zero-order chi connectivity index (χ0) is 49.0. The molecule has 8 unspecified atom stereocenters. The summed E-state index contributed by atoms with van der Waals surface area (Å²) in [4.78, 5) is 26.3. The number of carbonyl (C=O) groups is 2. The zero-order valence-electron chi connectivity index (χ0n) is 42.2. The number of unbranched alkanes of at least 4 members (excludes halogenated alkanes) is 23. The molecule has 0 aliphatic carbocycles. The molecule has 1 aliphatic rings. The largest absolute Gasteiger partial charge is 0.454 e. The van der Waals surface area contributed by atoms with Crippen molar-refractivity contribution in [2.75, 3.05) is 13.2 Å². The van der Waals surface area contributed by atoms with Gasteiger partial charge in [-0.1, -0.05) is 235 Å². The third kappa shape index (κ3) is 33.3. The third-order valence-electron chi connectivity index (χ3n) is 12.3. The van der Waals surface area contributed by atoms with E-state index < -0.39 is 67.4 Å². The number of hydrogen-bond acceptors (Lipinski definition) is 10. The highest BCUT2D eigenvalue weighted by atomic mass is 16.7. The molecule has 1 saturated heterocycles. The molecule has 8 atom stereocenters. The van der Waals surface area contributed by atoms with Gasteiger partial charge >= 0.3 is 5.97 Å². The summed E-state index contributed by atoms with van der Waals surface area (Å²) in [6, 6.07) is -1.06. The standard InChI is InChI=1S/C56H97NO10/c1-4-7-10-13-16-19-22-25-26-29-32-35-38-41-44-51(61)67-54-53(63)52(62)50(45-58)66-56(54)65-46-47(48(59)42-39-36-33-30-27-23-20-17-14-11-8-5-2)57-55(64)49(60)43-40-37-34-31-28-24-21-18-15-12-9-6-3/h9,12,15,18,21,24,28,31,34,37,39,42,47-50,52-54,56,58-60,62-63H,4-8,10-11,13-14,16-17,19-20,22-23,25-27,29-30,32-33,35-36,38,40-41,43-46H2,1-3H3,(H,57,64)/b12-9+,18-15+,24-21-,31-28-,37-34+,42-39+. The molecule has 0 saturated carbocycles. The SMILES string of the molecule is CC/C=C/C=C/C=C\C=C/C=C/CCC(O)C(=O)NC(COC1OC(CO)C(O)C(O)C1OC(=O)CCCCCCCCCCCCCCCC)C(O)/C=C/CCCCCCCCCCCC. The second-order valence-electron chi connectivity index (χ2n) is 18.4. The van der Waals surface area contributed by atoms with Crippen LogP contribution in [0.5, 0.6) is 0 Å². The monoisotopic (exact) mass is 944 g/mol. The maximum atomic E-state index is 13.3. The van der Waals surface area contributed by atoms with Crippen LogP contribution in [0.3, 0.4) is 0 Å². The lowest BCUT2D eigenvalue weighted by Gasteiger charge is -2.41. The van der Waals surface area contributed by atoms with Crippen LogP contribution < -0.4 is 5.32 Å². The Bertz CT molecular complexity index is 1360. The number of rotatable bonds is 43. The summed E-state index contributed by atoms with van der Waals surface area (Å²) in [6.45, 7) is 5.56. The molecule has 11 nitrogen and oxygen atoms in total. The van der Waals surface area contributed by atoms with Gasteiger partial charge in [-0.15, -0.1) is 0 Å². The van der Waals surface area contributed by atoms with E-state index in [-0.39, 0.29) is 19.4 Å². The van der Waals surface area contributed by atoms with E-state index >= 15 is 0 Å². The molecule has 1 fully saturated rings. The summed E-state index contributed by atoms with van der Waals surface area (Å²) in [5.74, 6) is -1.28. The molecular weight excluding hydrogens is 847 g/mol. The van der Waals surface area contributed by atoms with Crippen LogP contribution in [-0.2, 0) is 23.8 Å². The van der Waals surface area contributed by atoms with Gasteiger partial charge in [-0.3, -0.25) is 9.59 Å². The van der Waals surface area contributed by atoms with E-state index in [0.29, 0.717) is 12.8 Å². The molecule has 1 rings (SSSR count). The number of aliphatic hydroxyl groups is 5. The summed E-state index contributed by atoms with van der Waals surface area (Å²) in [5.41, 5.74) is 0. The van der Waals surface area contributed by atoms with E-state index in [9.17, 15) is 35.1 Å². The molecule has 0 bridgehead atoms. The Morgan fingerprint density at radius 3 is 1.58 bits per heavy atom. The van der Waals surface area contributed by atoms with Gasteiger partial charge in [0, 0.05) is 6.42 Å². The molecule has 1 aliphatic heterocycles. The Labute approximate surface area is 407 Å². The minimum absolute atomic E-state index is 0.115. The van der Waals surface area contributed by atoms with Gasteiger partial charge < -0.3 is 45.1 Å². The van der Waals surface area contributed by atoms with Crippen LogP contribution in [0.15, 0.2) is 72.9 Å². The molecule has 0 aromatic rings. The topological polar surface area (TPSA) is 175 Å². The van der Waals surface area contributed by atoms with E-state index in [0.717, 1.165) is 51.4 Å². The number of aliphatic hydroxyl groups excluding tert-OH is 5. The van der Waals surface area contributed by atoms with E-state index in [1.807, 2.05) is 60.8 Å². The summed E-state index contributed by atoms with van der Waals surface area (Å²) in [6.07, 6.45) is 44.0. The van der Waals surface area contributed by atoms with Crippen molar-refractivity contribution in [3.05, 3.63) is 72.9 Å². The number of amides is 1. The van der Waals surface area contributed by atoms with Crippen molar-refractivity contribution in [1.29, 1.82) is 0 Å². The van der Waals surface area contributed by atoms with Gasteiger partial charge in [-0.05, 0) is 38.5 Å². The molecule has 0 spiro atoms. The van der Waals surface area contributed by atoms with E-state index in [4.69, 9.17) is 14.2 Å². The second-order valence-corrected chi connectivity index (χ2v) is 18.4. The van der Waals surface area contributed by atoms with Gasteiger partial charge in [0.25, 0.3) is 0 Å². The van der Waals surface area contributed by atoms with Crippen LogP contribution in [-0.4, -0.2) is 99.6 Å². The Morgan fingerprint density at radius 1 is 0.597 bits per heavy atom. The fourth-order valence-corrected chi connectivity index (χ4v) is 7.97. The summed E-state index contributed by atoms with van der Waals surface area (Å²) in [5, 5.41) is 56.5. The highest BCUT2D eigenvalue weighted by Crippen LogP contribution is 2.26. The highest BCUT2D eigenvalue weighted by Gasteiger charge is 2.47. The first-order valence-electron chi connectivity index (χ1n) is 26.8. The molecule has 1 amide bonds. The van der Waals surface area contributed by atoms with Crippen LogP contribution in [0, 0.1) is 0 Å². The molecule has 1 heterocycles. The number of carbonyl (C=O) groups excluding carboxylic acids is 2. The number of esters is 1. The smallest absolute Gasteiger partial charge is 0.306 e. The maximum absolute atomic E-state index is 13.3. The van der Waals surface area contributed by atoms with Gasteiger partial charge in [0.15, 0.2) is 12.4 Å². The molecule has 0 aromatic carbocycles. The summed E-state index contributed by atoms with van der Waals surface area (Å²) < 4.78 is 17.5. The predicted octanol–water partition coefficient (Wildman–Crippen LogP) is 11.3. The van der Waals surface area contributed by atoms with Crippen molar-refractivity contribution in [1.82, 2.24) is 5.32 Å². The lowest BCUT2D eigenvalue weighted by atomic mass is 9.99. The summed E-state index contributed by atoms with van der Waals surface area (Å²) in [7, 11) is 0. The number of hydrogen-bond donors (Lipinski definition) is 6. The highest BCUT2D eigenvalue weighted by molar-refractivity contribution is 5.80. The minimum Gasteiger partial charge on any atom is -0.454 e. The van der Waals surface area contributed by atoms with E-state index in [1.165, 1.54) is 109 Å². The quantitative estimate of drug-likeness (QED) is 0.0149. The van der Waals surface area contributed by atoms with E-state index in [1.54, 1.807) is 6.08 Å². The van der Waals surface area contributed by atoms with Crippen LogP contribution >= 0.6 is 0 Å². The Hall–Kier alpha value is -2.90. The molecule has 6 N–H and O–H groups in total. The lowest BCUT2D eigenvalue weighted by molar-refractivity contribution is -0.305. The van der Waals surface area contributed by atoms with Crippen LogP contribution in [0.2, 0.25) is 0 Å². The minimum atomic E-state index is -1.62. The van der Waals surface area contributed by atoms with Crippen LogP contribution in [0.1, 0.15) is 207 Å². The van der Waals surface area contributed by atoms with Crippen molar-refractivity contribution in [2.24, 2.45) is 0 Å². The lowest BCUT2D eigenvalue weighted by Crippen LogP contribution is -2.61. The van der Waals surface area contributed by atoms with Crippen molar-refractivity contribution in [3.8, 4) is 0 Å². The van der Waals surface area contributed by atoms with Crippen LogP contribution in [0.4, 0.5) is 0 Å². The molecule has 0 radical (unpaired) electrons. The first-order chi connectivity index (χ1) is 32.7. The fourth-order valence-electron chi connectivity index (χ4n) is 7.97. The van der Waals surface area contributed by atoms with Gasteiger partial charge in [0.1, 0.15) is 24.4 Å². The number of nitrogens with one attached hydrogen (secondary N) is 1. The average Bonchev–Trinajstić information content (AvgIpc) is 3.32. The van der Waals surface area contributed by atoms with Crippen molar-refractivity contribution in [2.45, 2.75) is 256 Å². The molecule has 386 valence electrons. The molecule has 11 heteroatoms. The van der Waals surface area contributed by atoms with Gasteiger partial charge in [-0.25, -0.2) is 0 Å². The Balaban J connectivity index is 2.82. The Morgan fingerprint density at radius 2 is 1.07 bits per heavy atom. The third-order valence-corrected chi connectivity index (χ3v) is 12.3. The normalized spacial score (nSPS) is 20.6. The van der Waals surface area contributed by atoms with Gasteiger partial charge in [0.2, 0.25) is 5.91 Å². The average molecular weight is 944 g/mol. The van der Waals surface area contributed by atoms with Gasteiger partial charge in [0.05, 0.1) is 25.4 Å². The Kier molecular flexibility index (Phi) is 41.1. The maximum Gasteiger partial charge on any atom is 0.306 e. The molecule has 0 aromatic heterocycles. The molecular formula is C56H97NO10. The van der Waals surface area contributed by atoms with Crippen molar-refractivity contribution < 1.29 is 49.3 Å². The number of allylic oxidation sites excluding steroid dienone is 11. The van der Waals surface area contributed by atoms with Crippen molar-refractivity contribution in [3.63, 3.8) is 0 Å². The van der Waals surface area contributed by atoms with Gasteiger partial charge in [-0.2, -0.15) is 0 Å². The first-order valence-corrected chi connectivity index (χ1v) is 26.8. The number of ether oxygens (including phenoxy) is 3. The van der Waals surface area contributed by atoms with E-state index in [2.05, 4.69) is 32.2 Å². The summed E-state index contributed by atoms with van der Waals surface area (Å²) >= 11 is 0. The zero-order valence-corrected chi connectivity index (χ0v) is 42.2. The van der Waals surface area contributed by atoms with Crippen LogP contribution in [0.25, 0.3) is 0 Å². The predicted molar refractivity (Wildman–Crippen MR) is 273 cm³/mol. The molecule has 67 heavy (non-hydrogen) atoms.